The Kier molecular flexibility index (Phi) is 7.25. The Bertz CT molecular complexity index is 1090. The lowest BCUT2D eigenvalue weighted by atomic mass is 10.1. The summed E-state index contributed by atoms with van der Waals surface area (Å²) in [5.74, 6) is -0.631. The number of rotatable bonds is 6. The Balaban J connectivity index is 1.72. The van der Waals surface area contributed by atoms with Crippen LogP contribution in [0.15, 0.2) is 71.2 Å². The van der Waals surface area contributed by atoms with Crippen molar-refractivity contribution < 1.29 is 14.0 Å². The van der Waals surface area contributed by atoms with E-state index in [-0.39, 0.29) is 18.3 Å². The van der Waals surface area contributed by atoms with E-state index in [0.29, 0.717) is 22.6 Å². The highest BCUT2D eigenvalue weighted by Gasteiger charge is 2.15. The Morgan fingerprint density at radius 1 is 0.935 bits per heavy atom. The van der Waals surface area contributed by atoms with Crippen LogP contribution in [0.3, 0.4) is 0 Å². The standard InChI is InChI=1S/C23H22BrFN4O2/c1-29(2)21-11-10-19(28-23(31)27-18-5-3-4-16(24)12-18)13-20(21)22(30)26-14-15-6-8-17(25)9-7-15/h3-13H,14H2,1-2H3,(H,26,30)(H2,27,28,31). The summed E-state index contributed by atoms with van der Waals surface area (Å²) in [6.07, 6.45) is 0. The maximum absolute atomic E-state index is 13.1. The second kappa shape index (κ2) is 10.1. The van der Waals surface area contributed by atoms with Crippen LogP contribution >= 0.6 is 15.9 Å². The summed E-state index contributed by atoms with van der Waals surface area (Å²) >= 11 is 3.36. The molecule has 0 heterocycles. The van der Waals surface area contributed by atoms with Crippen molar-refractivity contribution in [1.29, 1.82) is 0 Å². The molecule has 3 N–H and O–H groups in total. The van der Waals surface area contributed by atoms with E-state index >= 15 is 0 Å². The van der Waals surface area contributed by atoms with Gasteiger partial charge in [-0.2, -0.15) is 0 Å². The van der Waals surface area contributed by atoms with Crippen molar-refractivity contribution in [3.63, 3.8) is 0 Å². The number of halogens is 2. The molecule has 0 fully saturated rings. The predicted molar refractivity (Wildman–Crippen MR) is 125 cm³/mol. The van der Waals surface area contributed by atoms with E-state index < -0.39 is 6.03 Å². The minimum atomic E-state index is -0.423. The molecular formula is C23H22BrFN4O2. The summed E-state index contributed by atoms with van der Waals surface area (Å²) in [5, 5.41) is 8.33. The maximum Gasteiger partial charge on any atom is 0.323 e. The van der Waals surface area contributed by atoms with Crippen molar-refractivity contribution in [3.05, 3.63) is 88.1 Å². The van der Waals surface area contributed by atoms with Crippen LogP contribution in [0.25, 0.3) is 0 Å². The predicted octanol–water partition coefficient (Wildman–Crippen LogP) is 5.23. The number of carbonyl (C=O) groups excluding carboxylic acids is 2. The molecular weight excluding hydrogens is 463 g/mol. The van der Waals surface area contributed by atoms with Gasteiger partial charge in [0, 0.05) is 42.2 Å². The van der Waals surface area contributed by atoms with E-state index in [1.807, 2.05) is 31.1 Å². The molecule has 6 nitrogen and oxygen atoms in total. The van der Waals surface area contributed by atoms with E-state index in [0.717, 1.165) is 10.0 Å². The Morgan fingerprint density at radius 3 is 2.26 bits per heavy atom. The monoisotopic (exact) mass is 484 g/mol. The minimum absolute atomic E-state index is 0.257. The second-order valence-corrected chi connectivity index (χ2v) is 7.94. The van der Waals surface area contributed by atoms with Crippen LogP contribution in [0.5, 0.6) is 0 Å². The fourth-order valence-corrected chi connectivity index (χ4v) is 3.32. The highest BCUT2D eigenvalue weighted by Crippen LogP contribution is 2.24. The van der Waals surface area contributed by atoms with Crippen molar-refractivity contribution in [2.45, 2.75) is 6.54 Å². The zero-order valence-electron chi connectivity index (χ0n) is 17.1. The van der Waals surface area contributed by atoms with E-state index in [4.69, 9.17) is 0 Å². The first-order chi connectivity index (χ1) is 14.8. The number of urea groups is 1. The number of carbonyl (C=O) groups is 2. The zero-order chi connectivity index (χ0) is 22.4. The van der Waals surface area contributed by atoms with Crippen LogP contribution in [0.4, 0.5) is 26.2 Å². The highest BCUT2D eigenvalue weighted by atomic mass is 79.9. The van der Waals surface area contributed by atoms with Gasteiger partial charge in [0.05, 0.1) is 5.56 Å². The maximum atomic E-state index is 13.1. The molecule has 0 aliphatic carbocycles. The molecule has 3 aromatic carbocycles. The van der Waals surface area contributed by atoms with Gasteiger partial charge in [-0.15, -0.1) is 0 Å². The molecule has 0 atom stereocenters. The number of hydrogen-bond acceptors (Lipinski definition) is 3. The first kappa shape index (κ1) is 22.3. The smallest absolute Gasteiger partial charge is 0.323 e. The van der Waals surface area contributed by atoms with E-state index in [9.17, 15) is 14.0 Å². The third-order valence-corrected chi connectivity index (χ3v) is 4.92. The zero-order valence-corrected chi connectivity index (χ0v) is 18.7. The fourth-order valence-electron chi connectivity index (χ4n) is 2.93. The topological polar surface area (TPSA) is 73.5 Å². The van der Waals surface area contributed by atoms with E-state index in [2.05, 4.69) is 31.9 Å². The molecule has 0 radical (unpaired) electrons. The number of hydrogen-bond donors (Lipinski definition) is 3. The molecule has 0 aliphatic heterocycles. The number of benzene rings is 3. The lowest BCUT2D eigenvalue weighted by Gasteiger charge is -2.19. The van der Waals surface area contributed by atoms with Crippen molar-refractivity contribution in [2.75, 3.05) is 29.6 Å². The van der Waals surface area contributed by atoms with Crippen molar-refractivity contribution in [3.8, 4) is 0 Å². The van der Waals surface area contributed by atoms with Gasteiger partial charge in [0.15, 0.2) is 0 Å². The van der Waals surface area contributed by atoms with Gasteiger partial charge < -0.3 is 20.9 Å². The van der Waals surface area contributed by atoms with Crippen LogP contribution in [0, 0.1) is 5.82 Å². The molecule has 8 heteroatoms. The van der Waals surface area contributed by atoms with Crippen LogP contribution in [0.1, 0.15) is 15.9 Å². The average Bonchev–Trinajstić information content (AvgIpc) is 2.72. The molecule has 0 bridgehead atoms. The van der Waals surface area contributed by atoms with Crippen molar-refractivity contribution >= 4 is 44.9 Å². The van der Waals surface area contributed by atoms with Gasteiger partial charge in [0.25, 0.3) is 5.91 Å². The summed E-state index contributed by atoms with van der Waals surface area (Å²) in [5.41, 5.74) is 3.00. The summed E-state index contributed by atoms with van der Waals surface area (Å²) in [7, 11) is 3.66. The van der Waals surface area contributed by atoms with Gasteiger partial charge in [-0.25, -0.2) is 9.18 Å². The molecule has 160 valence electrons. The van der Waals surface area contributed by atoms with Gasteiger partial charge in [0.2, 0.25) is 0 Å². The normalized spacial score (nSPS) is 10.3. The van der Waals surface area contributed by atoms with Crippen LogP contribution in [-0.2, 0) is 6.54 Å². The number of anilines is 3. The third kappa shape index (κ3) is 6.29. The molecule has 3 rings (SSSR count). The summed E-state index contributed by atoms with van der Waals surface area (Å²) < 4.78 is 13.9. The quantitative estimate of drug-likeness (QED) is 0.448. The van der Waals surface area contributed by atoms with Crippen LogP contribution in [-0.4, -0.2) is 26.0 Å². The van der Waals surface area contributed by atoms with Gasteiger partial charge >= 0.3 is 6.03 Å². The molecule has 31 heavy (non-hydrogen) atoms. The first-order valence-electron chi connectivity index (χ1n) is 9.49. The fraction of sp³-hybridized carbons (Fsp3) is 0.130. The van der Waals surface area contributed by atoms with Gasteiger partial charge in [-0.05, 0) is 54.1 Å². The summed E-state index contributed by atoms with van der Waals surface area (Å²) in [6, 6.07) is 17.9. The molecule has 0 saturated heterocycles. The highest BCUT2D eigenvalue weighted by molar-refractivity contribution is 9.10. The van der Waals surface area contributed by atoms with E-state index in [1.54, 1.807) is 42.5 Å². The van der Waals surface area contributed by atoms with Gasteiger partial charge in [0.1, 0.15) is 5.82 Å². The van der Waals surface area contributed by atoms with E-state index in [1.165, 1.54) is 12.1 Å². The SMILES string of the molecule is CN(C)c1ccc(NC(=O)Nc2cccc(Br)c2)cc1C(=O)NCc1ccc(F)cc1. The van der Waals surface area contributed by atoms with Crippen LogP contribution < -0.4 is 20.9 Å². The molecule has 0 aliphatic rings. The third-order valence-electron chi connectivity index (χ3n) is 4.43. The van der Waals surface area contributed by atoms with Gasteiger partial charge in [-0.1, -0.05) is 34.1 Å². The molecule has 0 spiro atoms. The molecule has 3 amide bonds. The Hall–Kier alpha value is -3.39. The van der Waals surface area contributed by atoms with Crippen LogP contribution in [0.2, 0.25) is 0 Å². The number of nitrogens with zero attached hydrogens (tertiary/aromatic N) is 1. The Morgan fingerprint density at radius 2 is 1.61 bits per heavy atom. The van der Waals surface area contributed by atoms with Crippen molar-refractivity contribution in [1.82, 2.24) is 5.32 Å². The summed E-state index contributed by atoms with van der Waals surface area (Å²) in [6.45, 7) is 0.257. The molecule has 3 aromatic rings. The summed E-state index contributed by atoms with van der Waals surface area (Å²) in [4.78, 5) is 27.0. The molecule has 0 saturated carbocycles. The lowest BCUT2D eigenvalue weighted by molar-refractivity contribution is 0.0951. The largest absolute Gasteiger partial charge is 0.377 e. The molecule has 0 aromatic heterocycles. The minimum Gasteiger partial charge on any atom is -0.377 e. The van der Waals surface area contributed by atoms with Crippen molar-refractivity contribution in [2.24, 2.45) is 0 Å². The number of nitrogens with one attached hydrogen (secondary N) is 3. The lowest BCUT2D eigenvalue weighted by Crippen LogP contribution is -2.26. The molecule has 0 unspecified atom stereocenters. The second-order valence-electron chi connectivity index (χ2n) is 7.02. The Labute approximate surface area is 188 Å². The number of amides is 3. The first-order valence-corrected chi connectivity index (χ1v) is 10.3. The van der Waals surface area contributed by atoms with Gasteiger partial charge in [-0.3, -0.25) is 4.79 Å². The average molecular weight is 485 g/mol.